The van der Waals surface area contributed by atoms with Gasteiger partial charge in [0.1, 0.15) is 0 Å². The highest BCUT2D eigenvalue weighted by Gasteiger charge is 2.57. The van der Waals surface area contributed by atoms with Gasteiger partial charge in [-0.15, -0.1) is 0 Å². The van der Waals surface area contributed by atoms with Crippen LogP contribution in [0.5, 0.6) is 0 Å². The van der Waals surface area contributed by atoms with Gasteiger partial charge in [0.2, 0.25) is 11.8 Å². The molecule has 3 N–H and O–H groups in total. The van der Waals surface area contributed by atoms with E-state index in [0.29, 0.717) is 19.5 Å². The Labute approximate surface area is 137 Å². The van der Waals surface area contributed by atoms with Crippen LogP contribution in [0, 0.1) is 11.3 Å². The lowest BCUT2D eigenvalue weighted by molar-refractivity contribution is -0.123. The summed E-state index contributed by atoms with van der Waals surface area (Å²) in [7, 11) is 0. The molecule has 0 bridgehead atoms. The summed E-state index contributed by atoms with van der Waals surface area (Å²) in [6.07, 6.45) is 3.55. The van der Waals surface area contributed by atoms with Gasteiger partial charge in [0.15, 0.2) is 0 Å². The third-order valence-corrected chi connectivity index (χ3v) is 5.09. The molecule has 0 aromatic heterocycles. The summed E-state index contributed by atoms with van der Waals surface area (Å²) in [5.74, 6) is 0.265. The average molecular weight is 315 g/mol. The zero-order valence-electron chi connectivity index (χ0n) is 13.4. The molecule has 1 spiro atoms. The minimum atomic E-state index is -0.0264. The van der Waals surface area contributed by atoms with Crippen LogP contribution in [0.1, 0.15) is 31.2 Å². The Kier molecular flexibility index (Phi) is 4.96. The number of nitrogens with one attached hydrogen (secondary N) is 3. The van der Waals surface area contributed by atoms with Gasteiger partial charge in [0.25, 0.3) is 0 Å². The fourth-order valence-electron chi connectivity index (χ4n) is 3.50. The van der Waals surface area contributed by atoms with Crippen molar-refractivity contribution in [1.82, 2.24) is 16.0 Å². The van der Waals surface area contributed by atoms with Gasteiger partial charge in [0, 0.05) is 25.4 Å². The highest BCUT2D eigenvalue weighted by atomic mass is 16.2. The molecule has 1 atom stereocenters. The standard InChI is InChI=1S/C18H25N3O2/c22-16(21-13-14-4-2-1-3-5-14)6-9-20-17(23)15-12-18(15)7-10-19-11-8-18/h1-5,15,19H,6-13H2,(H,20,23)(H,21,22). The van der Waals surface area contributed by atoms with E-state index in [4.69, 9.17) is 0 Å². The highest BCUT2D eigenvalue weighted by molar-refractivity contribution is 5.83. The van der Waals surface area contributed by atoms with Gasteiger partial charge in [0.05, 0.1) is 0 Å². The predicted octanol–water partition coefficient (Wildman–Crippen LogP) is 1.20. The molecule has 2 fully saturated rings. The Bertz CT molecular complexity index is 553. The summed E-state index contributed by atoms with van der Waals surface area (Å²) in [5, 5.41) is 9.14. The van der Waals surface area contributed by atoms with Gasteiger partial charge in [-0.25, -0.2) is 0 Å². The molecule has 1 aromatic rings. The van der Waals surface area contributed by atoms with Crippen molar-refractivity contribution in [2.45, 2.75) is 32.2 Å². The van der Waals surface area contributed by atoms with Crippen LogP contribution < -0.4 is 16.0 Å². The summed E-state index contributed by atoms with van der Waals surface area (Å²) >= 11 is 0. The molecule has 1 aliphatic heterocycles. The topological polar surface area (TPSA) is 70.2 Å². The summed E-state index contributed by atoms with van der Waals surface area (Å²) in [6.45, 7) is 2.99. The van der Waals surface area contributed by atoms with E-state index in [-0.39, 0.29) is 23.1 Å². The lowest BCUT2D eigenvalue weighted by atomic mass is 9.92. The number of benzene rings is 1. The maximum absolute atomic E-state index is 12.2. The van der Waals surface area contributed by atoms with Gasteiger partial charge in [-0.3, -0.25) is 9.59 Å². The van der Waals surface area contributed by atoms with E-state index in [1.165, 1.54) is 0 Å². The Hall–Kier alpha value is -1.88. The average Bonchev–Trinajstić information content (AvgIpc) is 3.27. The van der Waals surface area contributed by atoms with E-state index >= 15 is 0 Å². The highest BCUT2D eigenvalue weighted by Crippen LogP contribution is 2.58. The lowest BCUT2D eigenvalue weighted by Gasteiger charge is -2.23. The number of carbonyl (C=O) groups excluding carboxylic acids is 2. The molecule has 1 aromatic carbocycles. The second-order valence-electron chi connectivity index (χ2n) is 6.67. The number of hydrogen-bond acceptors (Lipinski definition) is 3. The van der Waals surface area contributed by atoms with Crippen LogP contribution in [0.2, 0.25) is 0 Å². The number of carbonyl (C=O) groups is 2. The van der Waals surface area contributed by atoms with Crippen LogP contribution in [0.15, 0.2) is 30.3 Å². The van der Waals surface area contributed by atoms with Crippen molar-refractivity contribution in [2.75, 3.05) is 19.6 Å². The summed E-state index contributed by atoms with van der Waals surface area (Å²) in [4.78, 5) is 24.0. The van der Waals surface area contributed by atoms with Gasteiger partial charge < -0.3 is 16.0 Å². The number of rotatable bonds is 6. The molecule has 1 aliphatic carbocycles. The largest absolute Gasteiger partial charge is 0.355 e. The van der Waals surface area contributed by atoms with Crippen LogP contribution in [0.3, 0.4) is 0 Å². The van der Waals surface area contributed by atoms with E-state index in [1.54, 1.807) is 0 Å². The third kappa shape index (κ3) is 4.10. The molecule has 3 rings (SSSR count). The summed E-state index contributed by atoms with van der Waals surface area (Å²) < 4.78 is 0. The zero-order valence-corrected chi connectivity index (χ0v) is 13.4. The maximum Gasteiger partial charge on any atom is 0.223 e. The van der Waals surface area contributed by atoms with E-state index in [9.17, 15) is 9.59 Å². The Balaban J connectivity index is 1.32. The van der Waals surface area contributed by atoms with Gasteiger partial charge in [-0.2, -0.15) is 0 Å². The van der Waals surface area contributed by atoms with Crippen LogP contribution >= 0.6 is 0 Å². The molecular weight excluding hydrogens is 290 g/mol. The smallest absolute Gasteiger partial charge is 0.223 e. The Morgan fingerprint density at radius 1 is 1.13 bits per heavy atom. The van der Waals surface area contributed by atoms with E-state index in [0.717, 1.165) is 37.9 Å². The molecule has 1 heterocycles. The van der Waals surface area contributed by atoms with Crippen LogP contribution in [0.4, 0.5) is 0 Å². The number of amides is 2. The summed E-state index contributed by atoms with van der Waals surface area (Å²) in [5.41, 5.74) is 1.33. The molecule has 2 amide bonds. The normalized spacial score (nSPS) is 21.7. The molecule has 2 aliphatic rings. The molecule has 124 valence electrons. The van der Waals surface area contributed by atoms with Crippen molar-refractivity contribution in [3.05, 3.63) is 35.9 Å². The first-order valence-corrected chi connectivity index (χ1v) is 8.49. The quantitative estimate of drug-likeness (QED) is 0.739. The van der Waals surface area contributed by atoms with Crippen molar-refractivity contribution < 1.29 is 9.59 Å². The molecule has 0 radical (unpaired) electrons. The molecule has 5 nitrogen and oxygen atoms in total. The third-order valence-electron chi connectivity index (χ3n) is 5.09. The molecule has 23 heavy (non-hydrogen) atoms. The fraction of sp³-hybridized carbons (Fsp3) is 0.556. The second-order valence-corrected chi connectivity index (χ2v) is 6.67. The van der Waals surface area contributed by atoms with Gasteiger partial charge in [-0.1, -0.05) is 30.3 Å². The van der Waals surface area contributed by atoms with Crippen LogP contribution in [-0.4, -0.2) is 31.4 Å². The van der Waals surface area contributed by atoms with Crippen LogP contribution in [-0.2, 0) is 16.1 Å². The van der Waals surface area contributed by atoms with Crippen molar-refractivity contribution >= 4 is 11.8 Å². The van der Waals surface area contributed by atoms with E-state index in [2.05, 4.69) is 16.0 Å². The predicted molar refractivity (Wildman–Crippen MR) is 88.6 cm³/mol. The fourth-order valence-corrected chi connectivity index (χ4v) is 3.50. The maximum atomic E-state index is 12.2. The zero-order chi connectivity index (χ0) is 16.1. The SMILES string of the molecule is O=C(CCNC(=O)C1CC12CCNCC2)NCc1ccccc1. The second kappa shape index (κ2) is 7.13. The lowest BCUT2D eigenvalue weighted by Crippen LogP contribution is -2.35. The molecular formula is C18H25N3O2. The minimum absolute atomic E-state index is 0.0264. The van der Waals surface area contributed by atoms with Gasteiger partial charge >= 0.3 is 0 Å². The van der Waals surface area contributed by atoms with Gasteiger partial charge in [-0.05, 0) is 43.3 Å². The van der Waals surface area contributed by atoms with Crippen molar-refractivity contribution in [2.24, 2.45) is 11.3 Å². The van der Waals surface area contributed by atoms with E-state index in [1.807, 2.05) is 30.3 Å². The van der Waals surface area contributed by atoms with Crippen molar-refractivity contribution in [1.29, 1.82) is 0 Å². The molecule has 1 saturated carbocycles. The van der Waals surface area contributed by atoms with Crippen molar-refractivity contribution in [3.63, 3.8) is 0 Å². The monoisotopic (exact) mass is 315 g/mol. The first-order chi connectivity index (χ1) is 11.2. The minimum Gasteiger partial charge on any atom is -0.355 e. The number of hydrogen-bond donors (Lipinski definition) is 3. The Morgan fingerprint density at radius 2 is 1.87 bits per heavy atom. The Morgan fingerprint density at radius 3 is 2.61 bits per heavy atom. The molecule has 5 heteroatoms. The van der Waals surface area contributed by atoms with Crippen molar-refractivity contribution in [3.8, 4) is 0 Å². The van der Waals surface area contributed by atoms with Crippen LogP contribution in [0.25, 0.3) is 0 Å². The first kappa shape index (κ1) is 16.0. The first-order valence-electron chi connectivity index (χ1n) is 8.49. The number of piperidine rings is 1. The van der Waals surface area contributed by atoms with E-state index < -0.39 is 0 Å². The molecule has 1 unspecified atom stereocenters. The summed E-state index contributed by atoms with van der Waals surface area (Å²) in [6, 6.07) is 9.82. The molecule has 1 saturated heterocycles.